The number of halogens is 1. The van der Waals surface area contributed by atoms with Crippen molar-refractivity contribution < 1.29 is 9.90 Å². The normalized spacial score (nSPS) is 10.4. The van der Waals surface area contributed by atoms with Gasteiger partial charge in [-0.2, -0.15) is 0 Å². The van der Waals surface area contributed by atoms with Crippen LogP contribution in [0.25, 0.3) is 0 Å². The third-order valence-corrected chi connectivity index (χ3v) is 3.46. The molecule has 0 fully saturated rings. The first-order valence-electron chi connectivity index (χ1n) is 5.64. The van der Waals surface area contributed by atoms with E-state index in [4.69, 9.17) is 16.7 Å². The minimum Gasteiger partial charge on any atom is -0.395 e. The van der Waals surface area contributed by atoms with Crippen LogP contribution in [-0.2, 0) is 6.54 Å². The van der Waals surface area contributed by atoms with Crippen molar-refractivity contribution in [2.45, 2.75) is 6.54 Å². The summed E-state index contributed by atoms with van der Waals surface area (Å²) >= 11 is 6.70. The molecule has 19 heavy (non-hydrogen) atoms. The quantitative estimate of drug-likeness (QED) is 0.914. The molecule has 0 aliphatic carbocycles. The van der Waals surface area contributed by atoms with Gasteiger partial charge < -0.3 is 10.0 Å². The molecular formula is C12H12ClN3O2S. The molecule has 0 aliphatic heterocycles. The molecule has 100 valence electrons. The zero-order valence-electron chi connectivity index (χ0n) is 9.99. The van der Waals surface area contributed by atoms with Crippen LogP contribution in [0.2, 0.25) is 4.47 Å². The van der Waals surface area contributed by atoms with E-state index in [1.54, 1.807) is 0 Å². The monoisotopic (exact) mass is 297 g/mol. The number of aliphatic hydroxyl groups excluding tert-OH is 1. The molecule has 1 aromatic carbocycles. The van der Waals surface area contributed by atoms with Crippen LogP contribution in [0.15, 0.2) is 30.3 Å². The molecule has 7 heteroatoms. The van der Waals surface area contributed by atoms with Crippen molar-refractivity contribution in [3.05, 3.63) is 45.4 Å². The number of aromatic nitrogens is 2. The lowest BCUT2D eigenvalue weighted by Crippen LogP contribution is -2.33. The van der Waals surface area contributed by atoms with Crippen LogP contribution < -0.4 is 0 Å². The Kier molecular flexibility index (Phi) is 4.84. The summed E-state index contributed by atoms with van der Waals surface area (Å²) < 4.78 is 0.229. The first kappa shape index (κ1) is 13.9. The molecule has 0 saturated heterocycles. The van der Waals surface area contributed by atoms with Gasteiger partial charge in [0.25, 0.3) is 5.91 Å². The van der Waals surface area contributed by atoms with Gasteiger partial charge in [0.2, 0.25) is 9.47 Å². The second kappa shape index (κ2) is 6.60. The van der Waals surface area contributed by atoms with Crippen molar-refractivity contribution in [3.63, 3.8) is 0 Å². The Morgan fingerprint density at radius 2 is 2.05 bits per heavy atom. The highest BCUT2D eigenvalue weighted by Crippen LogP contribution is 2.17. The summed E-state index contributed by atoms with van der Waals surface area (Å²) in [5.74, 6) is -0.276. The average molecular weight is 298 g/mol. The second-order valence-corrected chi connectivity index (χ2v) is 5.36. The molecule has 1 amide bonds. The summed E-state index contributed by atoms with van der Waals surface area (Å²) in [4.78, 5) is 13.7. The summed E-state index contributed by atoms with van der Waals surface area (Å²) in [5.41, 5.74) is 0.986. The topological polar surface area (TPSA) is 66.3 Å². The molecule has 2 aromatic rings. The zero-order chi connectivity index (χ0) is 13.7. The van der Waals surface area contributed by atoms with Crippen LogP contribution in [0.1, 0.15) is 15.4 Å². The maximum Gasteiger partial charge on any atom is 0.285 e. The minimum atomic E-state index is -0.276. The predicted octanol–water partition coefficient (Wildman–Crippen LogP) is 1.83. The van der Waals surface area contributed by atoms with Crippen molar-refractivity contribution in [3.8, 4) is 0 Å². The summed E-state index contributed by atoms with van der Waals surface area (Å²) in [7, 11) is 0. The SMILES string of the molecule is O=C(c1nnc(Cl)s1)N(CCO)Cc1ccccc1. The highest BCUT2D eigenvalue weighted by atomic mass is 35.5. The summed E-state index contributed by atoms with van der Waals surface area (Å²) in [6, 6.07) is 9.55. The van der Waals surface area contributed by atoms with E-state index in [-0.39, 0.29) is 28.5 Å². The third-order valence-electron chi connectivity index (χ3n) is 2.46. The Labute approximate surface area is 119 Å². The Morgan fingerprint density at radius 1 is 1.32 bits per heavy atom. The Morgan fingerprint density at radius 3 is 2.63 bits per heavy atom. The highest BCUT2D eigenvalue weighted by Gasteiger charge is 2.19. The van der Waals surface area contributed by atoms with E-state index in [0.29, 0.717) is 6.54 Å². The number of carbonyl (C=O) groups excluding carboxylic acids is 1. The average Bonchev–Trinajstić information content (AvgIpc) is 2.85. The lowest BCUT2D eigenvalue weighted by molar-refractivity contribution is 0.0706. The summed E-state index contributed by atoms with van der Waals surface area (Å²) in [5, 5.41) is 16.6. The number of nitrogens with zero attached hydrogens (tertiary/aromatic N) is 3. The van der Waals surface area contributed by atoms with Gasteiger partial charge in [-0.15, -0.1) is 10.2 Å². The molecular weight excluding hydrogens is 286 g/mol. The van der Waals surface area contributed by atoms with Gasteiger partial charge in [0.1, 0.15) is 0 Å². The fourth-order valence-electron chi connectivity index (χ4n) is 1.60. The van der Waals surface area contributed by atoms with Crippen LogP contribution in [-0.4, -0.2) is 39.3 Å². The van der Waals surface area contributed by atoms with Crippen molar-refractivity contribution >= 4 is 28.8 Å². The third kappa shape index (κ3) is 3.73. The van der Waals surface area contributed by atoms with Crippen molar-refractivity contribution in [2.24, 2.45) is 0 Å². The fourth-order valence-corrected chi connectivity index (χ4v) is 2.40. The van der Waals surface area contributed by atoms with E-state index in [0.717, 1.165) is 16.9 Å². The summed E-state index contributed by atoms with van der Waals surface area (Å²) in [6.45, 7) is 0.549. The smallest absolute Gasteiger partial charge is 0.285 e. The Hall–Kier alpha value is -1.50. The number of amides is 1. The maximum absolute atomic E-state index is 12.2. The maximum atomic E-state index is 12.2. The molecule has 1 heterocycles. The van der Waals surface area contributed by atoms with Gasteiger partial charge in [0.15, 0.2) is 0 Å². The molecule has 0 bridgehead atoms. The van der Waals surface area contributed by atoms with Gasteiger partial charge >= 0.3 is 0 Å². The molecule has 0 saturated carbocycles. The standard InChI is InChI=1S/C12H12ClN3O2S/c13-12-15-14-10(19-12)11(18)16(6-7-17)8-9-4-2-1-3-5-9/h1-5,17H,6-8H2. The van der Waals surface area contributed by atoms with E-state index in [1.165, 1.54) is 4.90 Å². The van der Waals surface area contributed by atoms with E-state index < -0.39 is 0 Å². The summed E-state index contributed by atoms with van der Waals surface area (Å²) in [6.07, 6.45) is 0. The van der Waals surface area contributed by atoms with E-state index in [2.05, 4.69) is 10.2 Å². The van der Waals surface area contributed by atoms with Gasteiger partial charge in [-0.05, 0) is 17.2 Å². The van der Waals surface area contributed by atoms with Gasteiger partial charge in [-0.3, -0.25) is 4.79 Å². The van der Waals surface area contributed by atoms with Crippen LogP contribution in [0, 0.1) is 0 Å². The van der Waals surface area contributed by atoms with Crippen LogP contribution in [0.5, 0.6) is 0 Å². The Bertz CT molecular complexity index is 547. The molecule has 1 aromatic heterocycles. The molecule has 5 nitrogen and oxygen atoms in total. The lowest BCUT2D eigenvalue weighted by Gasteiger charge is -2.20. The number of aliphatic hydroxyl groups is 1. The first-order chi connectivity index (χ1) is 9.20. The molecule has 1 N–H and O–H groups in total. The van der Waals surface area contributed by atoms with Crippen molar-refractivity contribution in [2.75, 3.05) is 13.2 Å². The van der Waals surface area contributed by atoms with E-state index >= 15 is 0 Å². The number of hydrogen-bond donors (Lipinski definition) is 1. The molecule has 0 aliphatic rings. The zero-order valence-corrected chi connectivity index (χ0v) is 11.6. The highest BCUT2D eigenvalue weighted by molar-refractivity contribution is 7.17. The van der Waals surface area contributed by atoms with Gasteiger partial charge in [-0.1, -0.05) is 41.7 Å². The number of rotatable bonds is 5. The molecule has 2 rings (SSSR count). The van der Waals surface area contributed by atoms with Crippen LogP contribution in [0.3, 0.4) is 0 Å². The van der Waals surface area contributed by atoms with Crippen LogP contribution in [0.4, 0.5) is 0 Å². The van der Waals surface area contributed by atoms with Crippen molar-refractivity contribution in [1.29, 1.82) is 0 Å². The van der Waals surface area contributed by atoms with Crippen LogP contribution >= 0.6 is 22.9 Å². The number of hydrogen-bond acceptors (Lipinski definition) is 5. The Balaban J connectivity index is 2.13. The van der Waals surface area contributed by atoms with Gasteiger partial charge in [0, 0.05) is 13.1 Å². The number of benzene rings is 1. The van der Waals surface area contributed by atoms with Gasteiger partial charge in [0.05, 0.1) is 6.61 Å². The fraction of sp³-hybridized carbons (Fsp3) is 0.250. The molecule has 0 radical (unpaired) electrons. The second-order valence-electron chi connectivity index (χ2n) is 3.80. The molecule has 0 atom stereocenters. The largest absolute Gasteiger partial charge is 0.395 e. The molecule has 0 spiro atoms. The molecule has 0 unspecified atom stereocenters. The minimum absolute atomic E-state index is 0.106. The van der Waals surface area contributed by atoms with E-state index in [1.807, 2.05) is 30.3 Å². The van der Waals surface area contributed by atoms with E-state index in [9.17, 15) is 4.79 Å². The lowest BCUT2D eigenvalue weighted by atomic mass is 10.2. The van der Waals surface area contributed by atoms with Crippen molar-refractivity contribution in [1.82, 2.24) is 15.1 Å². The number of carbonyl (C=O) groups is 1. The predicted molar refractivity (Wildman–Crippen MR) is 73.2 cm³/mol. The first-order valence-corrected chi connectivity index (χ1v) is 6.83. The van der Waals surface area contributed by atoms with Gasteiger partial charge in [-0.25, -0.2) is 0 Å².